The molecule has 0 spiro atoms. The van der Waals surface area contributed by atoms with E-state index < -0.39 is 6.16 Å². The molecule has 0 amide bonds. The molecule has 0 saturated heterocycles. The second kappa shape index (κ2) is 11.0. The molecular weight excluding hydrogens is 249 g/mol. The molecule has 0 fully saturated rings. The van der Waals surface area contributed by atoms with Gasteiger partial charge >= 0.3 is 92.8 Å². The van der Waals surface area contributed by atoms with Gasteiger partial charge in [-0.25, -0.2) is 4.79 Å². The molecule has 1 N–H and O–H groups in total. The molecule has 0 aromatic heterocycles. The topological polar surface area (TPSA) is 46.5 Å². The van der Waals surface area contributed by atoms with Crippen LogP contribution in [0.1, 0.15) is 0 Å². The van der Waals surface area contributed by atoms with Gasteiger partial charge in [0.15, 0.2) is 0 Å². The normalized spacial score (nSPS) is 4.71. The third-order valence-electron chi connectivity index (χ3n) is 0.175. The van der Waals surface area contributed by atoms with Gasteiger partial charge in [0.2, 0.25) is 0 Å². The first-order valence-corrected chi connectivity index (χ1v) is 1.04. The summed E-state index contributed by atoms with van der Waals surface area (Å²) in [5.74, 6) is 0. The van der Waals surface area contributed by atoms with Crippen molar-refractivity contribution in [3.05, 3.63) is 0 Å². The van der Waals surface area contributed by atoms with Crippen LogP contribution in [0, 0.1) is 0 Å². The number of hydrogen-bond acceptors (Lipinski definition) is 2. The van der Waals surface area contributed by atoms with Gasteiger partial charge in [0.05, 0.1) is 7.11 Å². The third kappa shape index (κ3) is 17.9. The predicted octanol–water partition coefficient (Wildman–Crippen LogP) is -1.52. The molecule has 0 atom stereocenters. The molecule has 0 heterocycles. The molecule has 0 rings (SSSR count). The molecule has 3 nitrogen and oxygen atoms in total. The first-order chi connectivity index (χ1) is 2.27. The maximum absolute atomic E-state index is 9.15. The zero-order chi connectivity index (χ0) is 4.28. The summed E-state index contributed by atoms with van der Waals surface area (Å²) in [5.41, 5.74) is 0. The quantitative estimate of drug-likeness (QED) is 0.423. The van der Waals surface area contributed by atoms with Gasteiger partial charge in [-0.1, -0.05) is 0 Å². The van der Waals surface area contributed by atoms with Crippen molar-refractivity contribution >= 4 is 92.8 Å². The number of hydrogen-bond donors (Lipinski definition) is 1. The van der Waals surface area contributed by atoms with Gasteiger partial charge < -0.3 is 9.84 Å². The molecule has 0 unspecified atom stereocenters. The summed E-state index contributed by atoms with van der Waals surface area (Å²) in [6.07, 6.45) is -1.25. The predicted molar refractivity (Wildman–Crippen MR) is 32.1 cm³/mol. The molecule has 7 heavy (non-hydrogen) atoms. The Balaban J connectivity index is -0.0000000800. The Morgan fingerprint density at radius 1 is 1.71 bits per heavy atom. The monoisotopic (exact) mass is 258 g/mol. The van der Waals surface area contributed by atoms with Crippen molar-refractivity contribution < 1.29 is 14.6 Å². The van der Waals surface area contributed by atoms with Crippen molar-refractivity contribution in [2.24, 2.45) is 0 Å². The maximum atomic E-state index is 9.15. The van der Waals surface area contributed by atoms with Crippen LogP contribution in [0.4, 0.5) is 4.79 Å². The summed E-state index contributed by atoms with van der Waals surface area (Å²) in [6, 6.07) is 0. The van der Waals surface area contributed by atoms with Crippen LogP contribution in [0.15, 0.2) is 0 Å². The minimum atomic E-state index is -1.25. The average molecular weight is 257 g/mol. The third-order valence-corrected chi connectivity index (χ3v) is 0.175. The van der Waals surface area contributed by atoms with Gasteiger partial charge in [0, 0.05) is 0 Å². The Kier molecular flexibility index (Phi) is 25.2. The molecule has 0 saturated carbocycles. The van der Waals surface area contributed by atoms with E-state index in [0.29, 0.717) is 0 Å². The Morgan fingerprint density at radius 3 is 1.86 bits per heavy atom. The van der Waals surface area contributed by atoms with Crippen molar-refractivity contribution in [3.8, 4) is 0 Å². The molecule has 5 heteroatoms. The Morgan fingerprint density at radius 2 is 1.86 bits per heavy atom. The van der Waals surface area contributed by atoms with Crippen LogP contribution in [0.25, 0.3) is 0 Å². The van der Waals surface area contributed by atoms with Crippen LogP contribution in [0.2, 0.25) is 0 Å². The summed E-state index contributed by atoms with van der Waals surface area (Å²) in [6.45, 7) is 0. The molecule has 38 valence electrons. The molecule has 0 aliphatic rings. The number of carbonyl (C=O) groups is 1. The summed E-state index contributed by atoms with van der Waals surface area (Å²) in [5, 5.41) is 7.50. The molecule has 0 aliphatic heterocycles. The molecule has 0 bridgehead atoms. The van der Waals surface area contributed by atoms with Gasteiger partial charge in [-0.2, -0.15) is 0 Å². The van der Waals surface area contributed by atoms with E-state index in [1.54, 1.807) is 0 Å². The number of rotatable bonds is 0. The second-order valence-electron chi connectivity index (χ2n) is 0.470. The SMILES string of the molecule is COC(=O)O.[BaH2].[CaH2]. The van der Waals surface area contributed by atoms with E-state index in [1.165, 1.54) is 0 Å². The van der Waals surface area contributed by atoms with Gasteiger partial charge in [0.1, 0.15) is 0 Å². The van der Waals surface area contributed by atoms with Crippen LogP contribution in [0.5, 0.6) is 0 Å². The average Bonchev–Trinajstić information content (AvgIpc) is 1.38. The fourth-order valence-corrected chi connectivity index (χ4v) is 0. The van der Waals surface area contributed by atoms with Crippen molar-refractivity contribution in [1.29, 1.82) is 0 Å². The summed E-state index contributed by atoms with van der Waals surface area (Å²) < 4.78 is 3.67. The van der Waals surface area contributed by atoms with E-state index in [1.807, 2.05) is 0 Å². The first kappa shape index (κ1) is 16.0. The number of ether oxygens (including phenoxy) is 1. The standard InChI is InChI=1S/C2H4O3.Ba.Ca.4H/c1-5-2(3)4;;;;;;/h1H3,(H,3,4);;;;;;. The minimum absolute atomic E-state index is 0. The van der Waals surface area contributed by atoms with Crippen LogP contribution < -0.4 is 0 Å². The van der Waals surface area contributed by atoms with Crippen LogP contribution in [-0.4, -0.2) is 105 Å². The van der Waals surface area contributed by atoms with Gasteiger partial charge in [-0.15, -0.1) is 0 Å². The van der Waals surface area contributed by atoms with E-state index in [2.05, 4.69) is 4.74 Å². The molecule has 0 aliphatic carbocycles. The number of methoxy groups -OCH3 is 1. The summed E-state index contributed by atoms with van der Waals surface area (Å²) in [4.78, 5) is 9.15. The van der Waals surface area contributed by atoms with E-state index in [0.717, 1.165) is 7.11 Å². The Bertz CT molecular complexity index is 48.2. The number of carboxylic acid groups (broad SMARTS) is 1. The Labute approximate surface area is 112 Å². The van der Waals surface area contributed by atoms with E-state index in [4.69, 9.17) is 9.90 Å². The van der Waals surface area contributed by atoms with Gasteiger partial charge in [-0.05, 0) is 0 Å². The summed E-state index contributed by atoms with van der Waals surface area (Å²) >= 11 is 0. The van der Waals surface area contributed by atoms with Crippen molar-refractivity contribution in [3.63, 3.8) is 0 Å². The van der Waals surface area contributed by atoms with E-state index in [9.17, 15) is 0 Å². The van der Waals surface area contributed by atoms with Gasteiger partial charge in [-0.3, -0.25) is 0 Å². The van der Waals surface area contributed by atoms with Crippen LogP contribution in [-0.2, 0) is 4.74 Å². The van der Waals surface area contributed by atoms with E-state index >= 15 is 0 Å². The van der Waals surface area contributed by atoms with Gasteiger partial charge in [0.25, 0.3) is 0 Å². The van der Waals surface area contributed by atoms with Crippen LogP contribution >= 0.6 is 0 Å². The molecule has 0 radical (unpaired) electrons. The van der Waals surface area contributed by atoms with Crippen molar-refractivity contribution in [2.45, 2.75) is 0 Å². The van der Waals surface area contributed by atoms with Crippen molar-refractivity contribution in [1.82, 2.24) is 0 Å². The van der Waals surface area contributed by atoms with E-state index in [-0.39, 0.29) is 86.6 Å². The second-order valence-corrected chi connectivity index (χ2v) is 0.470. The van der Waals surface area contributed by atoms with Crippen molar-refractivity contribution in [2.75, 3.05) is 7.11 Å². The zero-order valence-electron chi connectivity index (χ0n) is 2.76. The molecule has 0 aromatic rings. The zero-order valence-corrected chi connectivity index (χ0v) is 2.76. The molecular formula is C2H8BaCaO3. The fraction of sp³-hybridized carbons (Fsp3) is 0.500. The summed E-state index contributed by atoms with van der Waals surface area (Å²) in [7, 11) is 1.10. The Hall–Kier alpha value is 2.10. The van der Waals surface area contributed by atoms with Crippen LogP contribution in [0.3, 0.4) is 0 Å². The first-order valence-electron chi connectivity index (χ1n) is 1.04. The fourth-order valence-electron chi connectivity index (χ4n) is 0. The molecule has 0 aromatic carbocycles.